The first-order chi connectivity index (χ1) is 13.8. The van der Waals surface area contributed by atoms with Gasteiger partial charge in [-0.15, -0.1) is 0 Å². The fraction of sp³-hybridized carbons (Fsp3) is 0.391. The quantitative estimate of drug-likeness (QED) is 0.698. The van der Waals surface area contributed by atoms with Gasteiger partial charge in [0.15, 0.2) is 18.2 Å². The number of carbonyl (C=O) groups excluding carboxylic acids is 2. The van der Waals surface area contributed by atoms with Gasteiger partial charge in [0.2, 0.25) is 5.91 Å². The van der Waals surface area contributed by atoms with Crippen LogP contribution in [0.25, 0.3) is 0 Å². The second-order valence-electron chi connectivity index (χ2n) is 7.54. The molecule has 156 valence electrons. The van der Waals surface area contributed by atoms with Crippen molar-refractivity contribution >= 4 is 11.8 Å². The number of amides is 2. The van der Waals surface area contributed by atoms with Crippen LogP contribution in [0.15, 0.2) is 48.5 Å². The molecule has 2 amide bonds. The first kappa shape index (κ1) is 22.4. The van der Waals surface area contributed by atoms with E-state index in [2.05, 4.69) is 5.32 Å². The minimum atomic E-state index is -0.689. The molecule has 1 atom stereocenters. The number of hydrogen-bond donors (Lipinski definition) is 1. The second-order valence-corrected chi connectivity index (χ2v) is 7.54. The van der Waals surface area contributed by atoms with Gasteiger partial charge in [0.1, 0.15) is 6.04 Å². The zero-order valence-corrected chi connectivity index (χ0v) is 17.4. The van der Waals surface area contributed by atoms with Crippen LogP contribution in [0.4, 0.5) is 4.39 Å². The summed E-state index contributed by atoms with van der Waals surface area (Å²) in [5, 5.41) is 2.86. The molecule has 6 heteroatoms. The Kier molecular flexibility index (Phi) is 8.19. The van der Waals surface area contributed by atoms with E-state index < -0.39 is 11.9 Å². The van der Waals surface area contributed by atoms with Crippen molar-refractivity contribution in [1.29, 1.82) is 0 Å². The third-order valence-electron chi connectivity index (χ3n) is 4.48. The molecule has 0 aliphatic carbocycles. The number of nitrogens with one attached hydrogen (secondary N) is 1. The van der Waals surface area contributed by atoms with Crippen molar-refractivity contribution in [2.75, 3.05) is 13.2 Å². The lowest BCUT2D eigenvalue weighted by Gasteiger charge is -2.29. The zero-order chi connectivity index (χ0) is 21.4. The third-order valence-corrected chi connectivity index (χ3v) is 4.48. The van der Waals surface area contributed by atoms with Crippen LogP contribution in [0.1, 0.15) is 31.9 Å². The van der Waals surface area contributed by atoms with Gasteiger partial charge in [-0.3, -0.25) is 9.59 Å². The molecule has 0 saturated carbocycles. The molecule has 1 N–H and O–H groups in total. The Hall–Kier alpha value is -2.89. The highest BCUT2D eigenvalue weighted by molar-refractivity contribution is 5.87. The summed E-state index contributed by atoms with van der Waals surface area (Å²) in [5.41, 5.74) is 1.97. The van der Waals surface area contributed by atoms with E-state index in [0.29, 0.717) is 12.5 Å². The molecule has 0 heterocycles. The summed E-state index contributed by atoms with van der Waals surface area (Å²) in [6.45, 7) is 8.10. The number of benzene rings is 2. The zero-order valence-electron chi connectivity index (χ0n) is 17.4. The molecule has 2 aromatic carbocycles. The average Bonchev–Trinajstić information content (AvgIpc) is 2.69. The van der Waals surface area contributed by atoms with E-state index in [9.17, 15) is 14.0 Å². The molecule has 29 heavy (non-hydrogen) atoms. The van der Waals surface area contributed by atoms with Crippen molar-refractivity contribution in [2.45, 2.75) is 40.3 Å². The molecule has 0 aliphatic heterocycles. The van der Waals surface area contributed by atoms with Gasteiger partial charge in [-0.1, -0.05) is 55.8 Å². The highest BCUT2D eigenvalue weighted by Gasteiger charge is 2.26. The van der Waals surface area contributed by atoms with Crippen LogP contribution in [-0.2, 0) is 16.1 Å². The molecule has 0 aromatic heterocycles. The maximum atomic E-state index is 13.8. The highest BCUT2D eigenvalue weighted by Crippen LogP contribution is 2.17. The lowest BCUT2D eigenvalue weighted by Crippen LogP contribution is -2.49. The maximum Gasteiger partial charge on any atom is 0.261 e. The highest BCUT2D eigenvalue weighted by atomic mass is 19.1. The summed E-state index contributed by atoms with van der Waals surface area (Å²) in [6.07, 6.45) is 0. The van der Waals surface area contributed by atoms with Crippen molar-refractivity contribution in [2.24, 2.45) is 5.92 Å². The first-order valence-electron chi connectivity index (χ1n) is 9.78. The van der Waals surface area contributed by atoms with Crippen LogP contribution in [0.5, 0.6) is 5.75 Å². The Balaban J connectivity index is 2.14. The maximum absolute atomic E-state index is 13.8. The molecule has 0 unspecified atom stereocenters. The number of carbonyl (C=O) groups is 2. The topological polar surface area (TPSA) is 58.6 Å². The van der Waals surface area contributed by atoms with Crippen LogP contribution in [0.3, 0.4) is 0 Å². The van der Waals surface area contributed by atoms with Crippen molar-refractivity contribution in [3.8, 4) is 5.75 Å². The molecule has 0 spiro atoms. The number of ether oxygens (including phenoxy) is 1. The largest absolute Gasteiger partial charge is 0.481 e. The summed E-state index contributed by atoms with van der Waals surface area (Å²) >= 11 is 0. The number of hydrogen-bond acceptors (Lipinski definition) is 3. The normalized spacial score (nSPS) is 11.8. The van der Waals surface area contributed by atoms with Gasteiger partial charge in [-0.05, 0) is 37.5 Å². The van der Waals surface area contributed by atoms with E-state index in [0.717, 1.165) is 11.1 Å². The van der Waals surface area contributed by atoms with Crippen molar-refractivity contribution in [3.63, 3.8) is 0 Å². The molecular weight excluding hydrogens is 371 g/mol. The second kappa shape index (κ2) is 10.6. The fourth-order valence-electron chi connectivity index (χ4n) is 2.83. The number of nitrogens with zero attached hydrogens (tertiary/aromatic N) is 1. The monoisotopic (exact) mass is 400 g/mol. The Morgan fingerprint density at radius 3 is 2.48 bits per heavy atom. The van der Waals surface area contributed by atoms with Gasteiger partial charge < -0.3 is 15.0 Å². The van der Waals surface area contributed by atoms with E-state index in [1.54, 1.807) is 19.1 Å². The fourth-order valence-corrected chi connectivity index (χ4v) is 2.83. The molecular formula is C23H29FN2O3. The average molecular weight is 400 g/mol. The van der Waals surface area contributed by atoms with Crippen LogP contribution in [0, 0.1) is 18.7 Å². The lowest BCUT2D eigenvalue weighted by atomic mass is 10.1. The Morgan fingerprint density at radius 2 is 1.83 bits per heavy atom. The lowest BCUT2D eigenvalue weighted by molar-refractivity contribution is -0.142. The standard InChI is InChI=1S/C23H29FN2O3/c1-16(2)13-25-23(28)18(4)26(14-19-9-7-8-17(3)12-19)22(27)15-29-21-11-6-5-10-20(21)24/h5-12,16,18H,13-15H2,1-4H3,(H,25,28)/t18-/m0/s1. The van der Waals surface area contributed by atoms with E-state index >= 15 is 0 Å². The predicted octanol–water partition coefficient (Wildman–Crippen LogP) is 3.70. The van der Waals surface area contributed by atoms with Crippen molar-refractivity contribution in [1.82, 2.24) is 10.2 Å². The summed E-state index contributed by atoms with van der Waals surface area (Å²) in [6, 6.07) is 13.0. The number of halogens is 1. The van der Waals surface area contributed by atoms with E-state index in [1.807, 2.05) is 45.0 Å². The van der Waals surface area contributed by atoms with Gasteiger partial charge >= 0.3 is 0 Å². The predicted molar refractivity (Wildman–Crippen MR) is 111 cm³/mol. The van der Waals surface area contributed by atoms with Gasteiger partial charge in [-0.2, -0.15) is 0 Å². The molecule has 0 saturated heterocycles. The summed E-state index contributed by atoms with van der Waals surface area (Å²) in [4.78, 5) is 26.9. The number of aryl methyl sites for hydroxylation is 1. The van der Waals surface area contributed by atoms with Crippen molar-refractivity contribution < 1.29 is 18.7 Å². The van der Waals surface area contributed by atoms with E-state index in [4.69, 9.17) is 4.74 Å². The molecule has 0 fully saturated rings. The molecule has 0 bridgehead atoms. The minimum Gasteiger partial charge on any atom is -0.481 e. The van der Waals surface area contributed by atoms with Gasteiger partial charge in [0.05, 0.1) is 0 Å². The van der Waals surface area contributed by atoms with Gasteiger partial charge in [-0.25, -0.2) is 4.39 Å². The number of rotatable bonds is 9. The smallest absolute Gasteiger partial charge is 0.261 e. The molecule has 0 aliphatic rings. The summed E-state index contributed by atoms with van der Waals surface area (Å²) < 4.78 is 19.2. The van der Waals surface area contributed by atoms with Crippen LogP contribution >= 0.6 is 0 Å². The SMILES string of the molecule is Cc1cccc(CN(C(=O)COc2ccccc2F)[C@@H](C)C(=O)NCC(C)C)c1. The van der Waals surface area contributed by atoms with E-state index in [-0.39, 0.29) is 30.7 Å². The van der Waals surface area contributed by atoms with Crippen molar-refractivity contribution in [3.05, 3.63) is 65.5 Å². The van der Waals surface area contributed by atoms with Crippen LogP contribution < -0.4 is 10.1 Å². The third kappa shape index (κ3) is 6.89. The summed E-state index contributed by atoms with van der Waals surface area (Å²) in [5.74, 6) is -0.842. The van der Waals surface area contributed by atoms with Gasteiger partial charge in [0.25, 0.3) is 5.91 Å². The van der Waals surface area contributed by atoms with Crippen LogP contribution in [-0.4, -0.2) is 35.9 Å². The Morgan fingerprint density at radius 1 is 1.10 bits per heavy atom. The number of para-hydroxylation sites is 1. The summed E-state index contributed by atoms with van der Waals surface area (Å²) in [7, 11) is 0. The molecule has 2 aromatic rings. The first-order valence-corrected chi connectivity index (χ1v) is 9.78. The Labute approximate surface area is 171 Å². The Bertz CT molecular complexity index is 838. The molecule has 2 rings (SSSR count). The van der Waals surface area contributed by atoms with E-state index in [1.165, 1.54) is 17.0 Å². The minimum absolute atomic E-state index is 0.00766. The van der Waals surface area contributed by atoms with Gasteiger partial charge in [0, 0.05) is 13.1 Å². The molecule has 0 radical (unpaired) electrons. The molecule has 5 nitrogen and oxygen atoms in total. The van der Waals surface area contributed by atoms with Crippen LogP contribution in [0.2, 0.25) is 0 Å².